The van der Waals surface area contributed by atoms with Crippen molar-refractivity contribution in [1.29, 1.82) is 0 Å². The molecule has 0 aliphatic carbocycles. The number of anilines is 3. The summed E-state index contributed by atoms with van der Waals surface area (Å²) in [5.41, 5.74) is 6.56. The molecule has 0 unspecified atom stereocenters. The third kappa shape index (κ3) is 5.28. The van der Waals surface area contributed by atoms with Gasteiger partial charge in [0.1, 0.15) is 11.5 Å². The zero-order chi connectivity index (χ0) is 24.2. The zero-order valence-electron chi connectivity index (χ0n) is 20.6. The highest BCUT2D eigenvalue weighted by molar-refractivity contribution is 5.86. The highest BCUT2D eigenvalue weighted by Crippen LogP contribution is 2.34. The topological polar surface area (TPSA) is 54.0 Å². The summed E-state index contributed by atoms with van der Waals surface area (Å²) < 4.78 is 11.1. The maximum absolute atomic E-state index is 12.4. The van der Waals surface area contributed by atoms with Crippen LogP contribution in [0.25, 0.3) is 0 Å². The van der Waals surface area contributed by atoms with Crippen LogP contribution in [0, 0.1) is 0 Å². The van der Waals surface area contributed by atoms with Crippen molar-refractivity contribution < 1.29 is 14.3 Å². The first-order valence-electron chi connectivity index (χ1n) is 11.6. The average molecular weight is 460 g/mol. The monoisotopic (exact) mass is 459 g/mol. The Labute approximate surface area is 202 Å². The van der Waals surface area contributed by atoms with Crippen LogP contribution in [0.5, 0.6) is 11.5 Å². The van der Waals surface area contributed by atoms with Crippen LogP contribution in [0.3, 0.4) is 0 Å². The highest BCUT2D eigenvalue weighted by Gasteiger charge is 2.21. The minimum absolute atomic E-state index is 0.450. The molecule has 0 atom stereocenters. The van der Waals surface area contributed by atoms with Gasteiger partial charge in [-0.15, -0.1) is 0 Å². The number of hydrogen-bond donors (Lipinski definition) is 1. The number of amides is 1. The number of carbonyl (C=O) groups excluding carboxylic acids is 1. The van der Waals surface area contributed by atoms with Gasteiger partial charge in [0.25, 0.3) is 0 Å². The van der Waals surface area contributed by atoms with E-state index in [0.29, 0.717) is 11.7 Å². The van der Waals surface area contributed by atoms with Gasteiger partial charge in [-0.25, -0.2) is 4.79 Å². The maximum Gasteiger partial charge on any atom is 0.417 e. The van der Waals surface area contributed by atoms with E-state index in [1.807, 2.05) is 61.5 Å². The smallest absolute Gasteiger partial charge is 0.417 e. The number of fused-ring (bicyclic) bond motifs is 1. The summed E-state index contributed by atoms with van der Waals surface area (Å²) in [4.78, 5) is 16.8. The van der Waals surface area contributed by atoms with Crippen LogP contribution in [0.4, 0.5) is 21.9 Å². The number of rotatable bonds is 7. The Morgan fingerprint density at radius 2 is 1.82 bits per heavy atom. The van der Waals surface area contributed by atoms with Gasteiger partial charge < -0.3 is 19.3 Å². The van der Waals surface area contributed by atoms with Crippen LogP contribution in [-0.4, -0.2) is 33.8 Å². The van der Waals surface area contributed by atoms with E-state index in [1.165, 1.54) is 22.4 Å². The predicted molar refractivity (Wildman–Crippen MR) is 139 cm³/mol. The SMILES string of the molecule is COc1cc(CN2CCc3cc(OC(=O)Nc4ccc(C(C)C)cc4)ccc32)ccc1N(C)C. The summed E-state index contributed by atoms with van der Waals surface area (Å²) in [6, 6.07) is 20.0. The Kier molecular flexibility index (Phi) is 6.96. The molecule has 6 nitrogen and oxygen atoms in total. The van der Waals surface area contributed by atoms with Crippen LogP contribution in [0.15, 0.2) is 60.7 Å². The van der Waals surface area contributed by atoms with Crippen LogP contribution in [0.1, 0.15) is 36.5 Å². The summed E-state index contributed by atoms with van der Waals surface area (Å²) in [5.74, 6) is 1.87. The van der Waals surface area contributed by atoms with Crippen molar-refractivity contribution >= 4 is 23.2 Å². The third-order valence-electron chi connectivity index (χ3n) is 6.18. The van der Waals surface area contributed by atoms with Gasteiger partial charge >= 0.3 is 6.09 Å². The van der Waals surface area contributed by atoms with E-state index < -0.39 is 6.09 Å². The summed E-state index contributed by atoms with van der Waals surface area (Å²) in [6.07, 6.45) is 0.428. The number of nitrogens with zero attached hydrogens (tertiary/aromatic N) is 2. The molecule has 178 valence electrons. The summed E-state index contributed by atoms with van der Waals surface area (Å²) in [6.45, 7) is 6.00. The Balaban J connectivity index is 1.40. The molecule has 6 heteroatoms. The minimum atomic E-state index is -0.486. The maximum atomic E-state index is 12.4. The van der Waals surface area contributed by atoms with E-state index in [-0.39, 0.29) is 0 Å². The van der Waals surface area contributed by atoms with Crippen LogP contribution >= 0.6 is 0 Å². The Morgan fingerprint density at radius 1 is 1.06 bits per heavy atom. The number of benzene rings is 3. The molecule has 1 amide bonds. The van der Waals surface area contributed by atoms with Gasteiger partial charge in [0.15, 0.2) is 0 Å². The molecule has 0 spiro atoms. The molecule has 1 aliphatic rings. The molecule has 3 aromatic carbocycles. The fourth-order valence-electron chi connectivity index (χ4n) is 4.29. The molecule has 4 rings (SSSR count). The molecule has 0 saturated heterocycles. The molecule has 0 fully saturated rings. The molecule has 1 aliphatic heterocycles. The van der Waals surface area contributed by atoms with E-state index >= 15 is 0 Å². The van der Waals surface area contributed by atoms with E-state index in [4.69, 9.17) is 9.47 Å². The minimum Gasteiger partial charge on any atom is -0.495 e. The van der Waals surface area contributed by atoms with Gasteiger partial charge in [-0.05, 0) is 71.5 Å². The number of carbonyl (C=O) groups is 1. The molecule has 1 heterocycles. The van der Waals surface area contributed by atoms with Crippen molar-refractivity contribution in [2.75, 3.05) is 42.9 Å². The number of ether oxygens (including phenoxy) is 2. The van der Waals surface area contributed by atoms with Gasteiger partial charge in [0.2, 0.25) is 0 Å². The zero-order valence-corrected chi connectivity index (χ0v) is 20.6. The lowest BCUT2D eigenvalue weighted by Gasteiger charge is -2.22. The summed E-state index contributed by atoms with van der Waals surface area (Å²) in [5, 5.41) is 2.80. The second kappa shape index (κ2) is 10.1. The molecule has 0 saturated carbocycles. The molecule has 34 heavy (non-hydrogen) atoms. The quantitative estimate of drug-likeness (QED) is 0.466. The highest BCUT2D eigenvalue weighted by atomic mass is 16.6. The lowest BCUT2D eigenvalue weighted by atomic mass is 10.0. The van der Waals surface area contributed by atoms with E-state index in [1.54, 1.807) is 7.11 Å². The van der Waals surface area contributed by atoms with E-state index in [0.717, 1.165) is 36.6 Å². The second-order valence-corrected chi connectivity index (χ2v) is 9.15. The lowest BCUT2D eigenvalue weighted by molar-refractivity contribution is 0.215. The van der Waals surface area contributed by atoms with Crippen LogP contribution in [0.2, 0.25) is 0 Å². The van der Waals surface area contributed by atoms with Gasteiger partial charge in [0.05, 0.1) is 12.8 Å². The van der Waals surface area contributed by atoms with Crippen molar-refractivity contribution in [2.24, 2.45) is 0 Å². The van der Waals surface area contributed by atoms with Crippen molar-refractivity contribution in [2.45, 2.75) is 32.7 Å². The Morgan fingerprint density at radius 3 is 2.50 bits per heavy atom. The van der Waals surface area contributed by atoms with E-state index in [2.05, 4.69) is 42.3 Å². The lowest BCUT2D eigenvalue weighted by Crippen LogP contribution is -2.20. The second-order valence-electron chi connectivity index (χ2n) is 9.15. The standard InChI is InChI=1S/C28H33N3O3/c1-19(2)21-7-9-23(10-8-21)29-28(32)34-24-11-13-25-22(17-24)14-15-31(25)18-20-6-12-26(30(3)4)27(16-20)33-5/h6-13,16-17,19H,14-15,18H2,1-5H3,(H,29,32). The summed E-state index contributed by atoms with van der Waals surface area (Å²) in [7, 11) is 5.73. The van der Waals surface area contributed by atoms with Gasteiger partial charge in [-0.1, -0.05) is 32.0 Å². The first-order valence-corrected chi connectivity index (χ1v) is 11.6. The predicted octanol–water partition coefficient (Wildman–Crippen LogP) is 6.06. The van der Waals surface area contributed by atoms with Gasteiger partial charge in [-0.2, -0.15) is 0 Å². The van der Waals surface area contributed by atoms with Crippen molar-refractivity contribution in [3.63, 3.8) is 0 Å². The van der Waals surface area contributed by atoms with E-state index in [9.17, 15) is 4.79 Å². The number of methoxy groups -OCH3 is 1. The Bertz CT molecular complexity index is 1160. The number of nitrogens with one attached hydrogen (secondary N) is 1. The molecule has 1 N–H and O–H groups in total. The van der Waals surface area contributed by atoms with Gasteiger partial charge in [-0.3, -0.25) is 5.32 Å². The summed E-state index contributed by atoms with van der Waals surface area (Å²) >= 11 is 0. The van der Waals surface area contributed by atoms with Crippen molar-refractivity contribution in [3.8, 4) is 11.5 Å². The number of hydrogen-bond acceptors (Lipinski definition) is 5. The van der Waals surface area contributed by atoms with Gasteiger partial charge in [0, 0.05) is 38.6 Å². The molecular formula is C28H33N3O3. The fourth-order valence-corrected chi connectivity index (χ4v) is 4.29. The molecule has 3 aromatic rings. The van der Waals surface area contributed by atoms with Crippen molar-refractivity contribution in [1.82, 2.24) is 0 Å². The third-order valence-corrected chi connectivity index (χ3v) is 6.18. The largest absolute Gasteiger partial charge is 0.495 e. The normalized spacial score (nSPS) is 12.5. The van der Waals surface area contributed by atoms with Crippen LogP contribution < -0.4 is 24.6 Å². The molecular weight excluding hydrogens is 426 g/mol. The first-order chi connectivity index (χ1) is 16.3. The fraction of sp³-hybridized carbons (Fsp3) is 0.321. The molecule has 0 radical (unpaired) electrons. The Hall–Kier alpha value is -3.67. The molecule has 0 aromatic heterocycles. The molecule has 0 bridgehead atoms. The van der Waals surface area contributed by atoms with Crippen molar-refractivity contribution in [3.05, 3.63) is 77.4 Å². The average Bonchev–Trinajstić information content (AvgIpc) is 3.20. The van der Waals surface area contributed by atoms with Crippen LogP contribution in [-0.2, 0) is 13.0 Å². The first kappa shape index (κ1) is 23.5.